The second-order valence-corrected chi connectivity index (χ2v) is 12.8. The van der Waals surface area contributed by atoms with E-state index in [-0.39, 0.29) is 6.23 Å². The summed E-state index contributed by atoms with van der Waals surface area (Å²) in [5, 5.41) is 5.82. The number of nitrogens with zero attached hydrogens (tertiary/aromatic N) is 5. The van der Waals surface area contributed by atoms with Gasteiger partial charge in [-0.05, 0) is 71.8 Å². The van der Waals surface area contributed by atoms with Gasteiger partial charge in [-0.2, -0.15) is 0 Å². The van der Waals surface area contributed by atoms with Crippen molar-refractivity contribution in [2.75, 3.05) is 5.32 Å². The fourth-order valence-corrected chi connectivity index (χ4v) is 7.14. The normalized spacial score (nSPS) is 13.5. The van der Waals surface area contributed by atoms with Crippen LogP contribution in [-0.2, 0) is 0 Å². The molecule has 5 heterocycles. The molecular formula is C45H30N6O. The molecule has 4 aromatic heterocycles. The third-order valence-corrected chi connectivity index (χ3v) is 9.70. The van der Waals surface area contributed by atoms with Crippen molar-refractivity contribution in [1.29, 1.82) is 0 Å². The molecule has 1 atom stereocenters. The number of rotatable bonds is 6. The van der Waals surface area contributed by atoms with Crippen LogP contribution in [0.2, 0.25) is 0 Å². The van der Waals surface area contributed by atoms with E-state index in [0.717, 1.165) is 83.7 Å². The van der Waals surface area contributed by atoms with Crippen LogP contribution in [-0.4, -0.2) is 24.5 Å². The molecule has 1 aliphatic rings. The molecule has 246 valence electrons. The average molecular weight is 671 g/mol. The van der Waals surface area contributed by atoms with Crippen LogP contribution in [0.1, 0.15) is 11.8 Å². The maximum atomic E-state index is 6.62. The Morgan fingerprint density at radius 2 is 1.12 bits per heavy atom. The lowest BCUT2D eigenvalue weighted by Gasteiger charge is -2.12. The highest BCUT2D eigenvalue weighted by molar-refractivity contribution is 6.14. The Hall–Kier alpha value is -7.12. The minimum absolute atomic E-state index is 0.239. The molecule has 0 saturated carbocycles. The van der Waals surface area contributed by atoms with Gasteiger partial charge in [-0.25, -0.2) is 9.97 Å². The van der Waals surface area contributed by atoms with Crippen LogP contribution in [0.15, 0.2) is 170 Å². The van der Waals surface area contributed by atoms with Gasteiger partial charge in [-0.3, -0.25) is 9.97 Å². The van der Waals surface area contributed by atoms with Gasteiger partial charge in [-0.15, -0.1) is 0 Å². The number of benzene rings is 5. The molecule has 1 N–H and O–H groups in total. The lowest BCUT2D eigenvalue weighted by molar-refractivity contribution is 0.263. The molecule has 10 rings (SSSR count). The van der Waals surface area contributed by atoms with Gasteiger partial charge in [0.1, 0.15) is 0 Å². The monoisotopic (exact) mass is 670 g/mol. The molecule has 0 amide bonds. The summed E-state index contributed by atoms with van der Waals surface area (Å²) in [6, 6.07) is 50.2. The van der Waals surface area contributed by atoms with Crippen molar-refractivity contribution in [3.05, 3.63) is 176 Å². The first-order valence-electron chi connectivity index (χ1n) is 17.2. The lowest BCUT2D eigenvalue weighted by atomic mass is 10.0. The summed E-state index contributed by atoms with van der Waals surface area (Å²) >= 11 is 0. The van der Waals surface area contributed by atoms with E-state index in [2.05, 4.69) is 123 Å². The molecule has 7 nitrogen and oxygen atoms in total. The van der Waals surface area contributed by atoms with Gasteiger partial charge in [0.05, 0.1) is 33.5 Å². The molecule has 0 bridgehead atoms. The average Bonchev–Trinajstić information content (AvgIpc) is 3.82. The van der Waals surface area contributed by atoms with Crippen LogP contribution >= 0.6 is 0 Å². The summed E-state index contributed by atoms with van der Waals surface area (Å²) in [4.78, 5) is 18.4. The smallest absolute Gasteiger partial charge is 0.196 e. The van der Waals surface area contributed by atoms with Crippen LogP contribution in [0.25, 0.3) is 72.5 Å². The second-order valence-electron chi connectivity index (χ2n) is 12.8. The number of para-hydroxylation sites is 1. The Kier molecular flexibility index (Phi) is 7.06. The lowest BCUT2D eigenvalue weighted by Crippen LogP contribution is -2.09. The van der Waals surface area contributed by atoms with Gasteiger partial charge in [0, 0.05) is 58.1 Å². The van der Waals surface area contributed by atoms with Crippen LogP contribution in [0.4, 0.5) is 5.69 Å². The van der Waals surface area contributed by atoms with E-state index in [4.69, 9.17) is 14.7 Å². The van der Waals surface area contributed by atoms with E-state index in [0.29, 0.717) is 5.82 Å². The Labute approximate surface area is 299 Å². The van der Waals surface area contributed by atoms with Gasteiger partial charge in [0.2, 0.25) is 0 Å². The topological polar surface area (TPSA) is 77.8 Å². The quantitative estimate of drug-likeness (QED) is 0.190. The largest absolute Gasteiger partial charge is 0.464 e. The first-order chi connectivity index (χ1) is 25.8. The summed E-state index contributed by atoms with van der Waals surface area (Å²) in [7, 11) is 0. The minimum atomic E-state index is -0.239. The fraction of sp³-hybridized carbons (Fsp3) is 0.0222. The molecule has 52 heavy (non-hydrogen) atoms. The molecule has 0 spiro atoms. The number of hydrogen-bond donors (Lipinski definition) is 1. The molecular weight excluding hydrogens is 641 g/mol. The van der Waals surface area contributed by atoms with Gasteiger partial charge >= 0.3 is 0 Å². The standard InChI is InChI=1S/C45H30N6O/c1-2-6-34(7-3-1)45-50-37-18-19-41-42(43(37)52-45)36-8-4-5-9-40(36)51(41)35-16-14-32(15-17-35)39-28-38(48-44(49-39)33-22-26-47-27-23-33)31-12-10-29(11-13-31)30-20-24-46-25-21-30/h1-28,45,50H. The molecule has 1 aliphatic heterocycles. The predicted molar refractivity (Wildman–Crippen MR) is 207 cm³/mol. The molecule has 1 unspecified atom stereocenters. The number of aromatic nitrogens is 5. The molecule has 0 aliphatic carbocycles. The molecule has 0 radical (unpaired) electrons. The van der Waals surface area contributed by atoms with E-state index in [1.165, 1.54) is 0 Å². The third-order valence-electron chi connectivity index (χ3n) is 9.70. The van der Waals surface area contributed by atoms with Gasteiger partial charge in [-0.1, -0.05) is 84.9 Å². The van der Waals surface area contributed by atoms with Crippen molar-refractivity contribution in [2.45, 2.75) is 6.23 Å². The molecule has 0 fully saturated rings. The van der Waals surface area contributed by atoms with E-state index in [9.17, 15) is 0 Å². The minimum Gasteiger partial charge on any atom is -0.464 e. The zero-order chi connectivity index (χ0) is 34.4. The molecule has 7 heteroatoms. The van der Waals surface area contributed by atoms with Gasteiger partial charge < -0.3 is 14.6 Å². The molecule has 9 aromatic rings. The van der Waals surface area contributed by atoms with Crippen molar-refractivity contribution in [3.8, 4) is 56.5 Å². The Morgan fingerprint density at radius 3 is 1.83 bits per heavy atom. The maximum absolute atomic E-state index is 6.62. The number of anilines is 1. The summed E-state index contributed by atoms with van der Waals surface area (Å²) in [6.45, 7) is 0. The highest BCUT2D eigenvalue weighted by Crippen LogP contribution is 2.47. The summed E-state index contributed by atoms with van der Waals surface area (Å²) in [6.07, 6.45) is 6.93. The summed E-state index contributed by atoms with van der Waals surface area (Å²) < 4.78 is 8.93. The summed E-state index contributed by atoms with van der Waals surface area (Å²) in [5.74, 6) is 1.53. The third kappa shape index (κ3) is 5.15. The van der Waals surface area contributed by atoms with E-state index < -0.39 is 0 Å². The van der Waals surface area contributed by atoms with Crippen molar-refractivity contribution < 1.29 is 4.74 Å². The summed E-state index contributed by atoms with van der Waals surface area (Å²) in [5.41, 5.74) is 12.2. The van der Waals surface area contributed by atoms with Crippen molar-refractivity contribution in [2.24, 2.45) is 0 Å². The Balaban J connectivity index is 1.05. The second kappa shape index (κ2) is 12.3. The van der Waals surface area contributed by atoms with Crippen molar-refractivity contribution in [3.63, 3.8) is 0 Å². The van der Waals surface area contributed by atoms with Gasteiger partial charge in [0.15, 0.2) is 17.8 Å². The first kappa shape index (κ1) is 29.8. The SMILES string of the molecule is c1ccc(C2Nc3ccc4c(c3O2)c2ccccc2n4-c2ccc(-c3cc(-c4ccc(-c5ccncc5)cc4)nc(-c4ccncc4)n3)cc2)cc1. The molecule has 0 saturated heterocycles. The maximum Gasteiger partial charge on any atom is 0.196 e. The Bertz CT molecular complexity index is 2710. The number of ether oxygens (including phenoxy) is 1. The first-order valence-corrected chi connectivity index (χ1v) is 17.2. The van der Waals surface area contributed by atoms with Crippen molar-refractivity contribution in [1.82, 2.24) is 24.5 Å². The van der Waals surface area contributed by atoms with Crippen LogP contribution in [0.3, 0.4) is 0 Å². The zero-order valence-corrected chi connectivity index (χ0v) is 27.9. The van der Waals surface area contributed by atoms with E-state index in [1.54, 1.807) is 12.4 Å². The van der Waals surface area contributed by atoms with Crippen molar-refractivity contribution >= 4 is 27.5 Å². The van der Waals surface area contributed by atoms with Gasteiger partial charge in [0.25, 0.3) is 0 Å². The van der Waals surface area contributed by atoms with Crippen LogP contribution < -0.4 is 10.1 Å². The molecule has 5 aromatic carbocycles. The number of hydrogen-bond acceptors (Lipinski definition) is 6. The fourth-order valence-electron chi connectivity index (χ4n) is 7.14. The zero-order valence-electron chi connectivity index (χ0n) is 27.9. The number of fused-ring (bicyclic) bond motifs is 5. The van der Waals surface area contributed by atoms with E-state index in [1.807, 2.05) is 54.9 Å². The highest BCUT2D eigenvalue weighted by atomic mass is 16.5. The highest BCUT2D eigenvalue weighted by Gasteiger charge is 2.28. The van der Waals surface area contributed by atoms with E-state index >= 15 is 0 Å². The van der Waals surface area contributed by atoms with Crippen LogP contribution in [0, 0.1) is 0 Å². The predicted octanol–water partition coefficient (Wildman–Crippen LogP) is 10.5. The number of nitrogens with one attached hydrogen (secondary N) is 1. The Morgan fingerprint density at radius 1 is 0.519 bits per heavy atom. The van der Waals surface area contributed by atoms with Crippen LogP contribution in [0.5, 0.6) is 5.75 Å². The number of pyridine rings is 2.